The molecule has 0 spiro atoms. The maximum Gasteiger partial charge on any atom is 0.255 e. The molecule has 0 unspecified atom stereocenters. The van der Waals surface area contributed by atoms with Crippen LogP contribution in [0.4, 0.5) is 4.39 Å². The molecule has 4 rings (SSSR count). The summed E-state index contributed by atoms with van der Waals surface area (Å²) in [6, 6.07) is 12.7. The molecule has 0 aliphatic carbocycles. The number of hydrogen-bond acceptors (Lipinski definition) is 4. The van der Waals surface area contributed by atoms with Gasteiger partial charge in [-0.1, -0.05) is 17.7 Å². The predicted octanol–water partition coefficient (Wildman–Crippen LogP) is 3.14. The number of aryl methyl sites for hydroxylation is 2. The molecule has 6 nitrogen and oxygen atoms in total. The van der Waals surface area contributed by atoms with E-state index in [2.05, 4.69) is 4.98 Å². The lowest BCUT2D eigenvalue weighted by molar-refractivity contribution is 0.0697. The van der Waals surface area contributed by atoms with Crippen LogP contribution in [0, 0.1) is 19.7 Å². The Balaban J connectivity index is 1.52. The summed E-state index contributed by atoms with van der Waals surface area (Å²) < 4.78 is 40.3. The van der Waals surface area contributed by atoms with E-state index in [4.69, 9.17) is 0 Å². The van der Waals surface area contributed by atoms with E-state index in [1.165, 1.54) is 22.5 Å². The Morgan fingerprint density at radius 1 is 1.00 bits per heavy atom. The van der Waals surface area contributed by atoms with Gasteiger partial charge in [0.1, 0.15) is 5.82 Å². The van der Waals surface area contributed by atoms with Crippen LogP contribution in [-0.4, -0.2) is 54.7 Å². The van der Waals surface area contributed by atoms with Crippen LogP contribution in [0.5, 0.6) is 0 Å². The van der Waals surface area contributed by atoms with Crippen LogP contribution in [-0.2, 0) is 10.0 Å². The van der Waals surface area contributed by atoms with Crippen molar-refractivity contribution in [3.05, 3.63) is 71.2 Å². The van der Waals surface area contributed by atoms with Gasteiger partial charge in [-0.15, -0.1) is 0 Å². The summed E-state index contributed by atoms with van der Waals surface area (Å²) in [5, 5.41) is 0.899. The molecule has 30 heavy (non-hydrogen) atoms. The van der Waals surface area contributed by atoms with Crippen molar-refractivity contribution < 1.29 is 17.6 Å². The molecule has 0 saturated carbocycles. The van der Waals surface area contributed by atoms with Crippen LogP contribution in [0.25, 0.3) is 10.9 Å². The zero-order valence-corrected chi connectivity index (χ0v) is 17.6. The molecule has 3 aromatic rings. The molecule has 2 aromatic carbocycles. The normalized spacial score (nSPS) is 15.5. The van der Waals surface area contributed by atoms with Gasteiger partial charge in [-0.2, -0.15) is 4.31 Å². The number of sulfonamides is 1. The molecule has 0 radical (unpaired) electrons. The van der Waals surface area contributed by atoms with Crippen molar-refractivity contribution in [1.82, 2.24) is 14.2 Å². The maximum absolute atomic E-state index is 13.5. The first kappa shape index (κ1) is 20.4. The largest absolute Gasteiger partial charge is 0.336 e. The van der Waals surface area contributed by atoms with Crippen LogP contribution in [0.2, 0.25) is 0 Å². The Hall–Kier alpha value is -2.84. The first-order valence-corrected chi connectivity index (χ1v) is 11.1. The molecule has 1 aromatic heterocycles. The average molecular weight is 428 g/mol. The van der Waals surface area contributed by atoms with Gasteiger partial charge in [0.2, 0.25) is 10.0 Å². The average Bonchev–Trinajstić information content (AvgIpc) is 2.73. The summed E-state index contributed by atoms with van der Waals surface area (Å²) in [5.74, 6) is -0.759. The Labute approximate surface area is 175 Å². The van der Waals surface area contributed by atoms with E-state index >= 15 is 0 Å². The molecule has 1 aliphatic heterocycles. The van der Waals surface area contributed by atoms with Gasteiger partial charge in [0.05, 0.1) is 21.7 Å². The standard InChI is InChI=1S/C22H22FN3O3S/c1-15-6-7-21-17(12-15)13-20(16(2)24-21)22(27)25-8-10-26(11-9-25)30(28,29)19-5-3-4-18(23)14-19/h3-7,12-14H,8-11H2,1-2H3. The van der Waals surface area contributed by atoms with Crippen molar-refractivity contribution in [3.63, 3.8) is 0 Å². The maximum atomic E-state index is 13.5. The number of aromatic nitrogens is 1. The highest BCUT2D eigenvalue weighted by Crippen LogP contribution is 2.22. The van der Waals surface area contributed by atoms with Crippen LogP contribution < -0.4 is 0 Å². The van der Waals surface area contributed by atoms with E-state index in [-0.39, 0.29) is 37.0 Å². The van der Waals surface area contributed by atoms with Gasteiger partial charge >= 0.3 is 0 Å². The molecule has 8 heteroatoms. The number of fused-ring (bicyclic) bond motifs is 1. The van der Waals surface area contributed by atoms with Crippen molar-refractivity contribution in [3.8, 4) is 0 Å². The lowest BCUT2D eigenvalue weighted by Gasteiger charge is -2.34. The fourth-order valence-electron chi connectivity index (χ4n) is 3.69. The number of piperazine rings is 1. The number of halogens is 1. The quantitative estimate of drug-likeness (QED) is 0.644. The first-order chi connectivity index (χ1) is 14.3. The highest BCUT2D eigenvalue weighted by atomic mass is 32.2. The van der Waals surface area contributed by atoms with E-state index in [1.54, 1.807) is 11.8 Å². The van der Waals surface area contributed by atoms with E-state index in [0.717, 1.165) is 22.5 Å². The zero-order valence-electron chi connectivity index (χ0n) is 16.8. The third-order valence-electron chi connectivity index (χ3n) is 5.35. The van der Waals surface area contributed by atoms with Crippen molar-refractivity contribution in [1.29, 1.82) is 0 Å². The van der Waals surface area contributed by atoms with Crippen molar-refractivity contribution >= 4 is 26.8 Å². The second-order valence-corrected chi connectivity index (χ2v) is 9.41. The third-order valence-corrected chi connectivity index (χ3v) is 7.25. The van der Waals surface area contributed by atoms with E-state index in [9.17, 15) is 17.6 Å². The molecule has 2 heterocycles. The van der Waals surface area contributed by atoms with Gasteiger partial charge in [0.15, 0.2) is 0 Å². The fourth-order valence-corrected chi connectivity index (χ4v) is 5.14. The SMILES string of the molecule is Cc1ccc2nc(C)c(C(=O)N3CCN(S(=O)(=O)c4cccc(F)c4)CC3)cc2c1. The number of carbonyl (C=O) groups is 1. The second-order valence-electron chi connectivity index (χ2n) is 7.47. The number of carbonyl (C=O) groups excluding carboxylic acids is 1. The Morgan fingerprint density at radius 2 is 1.73 bits per heavy atom. The number of amides is 1. The van der Waals surface area contributed by atoms with Gasteiger partial charge in [-0.05, 0) is 50.2 Å². The lowest BCUT2D eigenvalue weighted by atomic mass is 10.1. The number of hydrogen-bond donors (Lipinski definition) is 0. The third kappa shape index (κ3) is 3.80. The first-order valence-electron chi connectivity index (χ1n) is 9.69. The Kier molecular flexibility index (Phi) is 5.29. The fraction of sp³-hybridized carbons (Fsp3) is 0.273. The van der Waals surface area contributed by atoms with Gasteiger partial charge in [-0.25, -0.2) is 12.8 Å². The van der Waals surface area contributed by atoms with Crippen LogP contribution in [0.1, 0.15) is 21.6 Å². The van der Waals surface area contributed by atoms with E-state index < -0.39 is 15.8 Å². The smallest absolute Gasteiger partial charge is 0.255 e. The van der Waals surface area contributed by atoms with Crippen LogP contribution >= 0.6 is 0 Å². The number of benzene rings is 2. The molecule has 0 atom stereocenters. The summed E-state index contributed by atoms with van der Waals surface area (Å²) >= 11 is 0. The molecule has 1 fully saturated rings. The summed E-state index contributed by atoms with van der Waals surface area (Å²) in [4.78, 5) is 19.2. The van der Waals surface area contributed by atoms with E-state index in [1.807, 2.05) is 31.2 Å². The molecule has 156 valence electrons. The van der Waals surface area contributed by atoms with Gasteiger partial charge in [0, 0.05) is 31.6 Å². The van der Waals surface area contributed by atoms with Gasteiger partial charge < -0.3 is 4.90 Å². The molecule has 1 saturated heterocycles. The molecule has 1 aliphatic rings. The molecular weight excluding hydrogens is 405 g/mol. The molecular formula is C22H22FN3O3S. The van der Waals surface area contributed by atoms with Gasteiger partial charge in [0.25, 0.3) is 5.91 Å². The van der Waals surface area contributed by atoms with Crippen molar-refractivity contribution in [2.75, 3.05) is 26.2 Å². The van der Waals surface area contributed by atoms with Gasteiger partial charge in [-0.3, -0.25) is 9.78 Å². The monoisotopic (exact) mass is 427 g/mol. The highest BCUT2D eigenvalue weighted by molar-refractivity contribution is 7.89. The minimum atomic E-state index is -3.80. The minimum Gasteiger partial charge on any atom is -0.336 e. The van der Waals surface area contributed by atoms with Crippen molar-refractivity contribution in [2.24, 2.45) is 0 Å². The number of pyridine rings is 1. The molecule has 0 bridgehead atoms. The lowest BCUT2D eigenvalue weighted by Crippen LogP contribution is -2.50. The number of nitrogens with zero attached hydrogens (tertiary/aromatic N) is 3. The second kappa shape index (κ2) is 7.77. The zero-order chi connectivity index (χ0) is 21.5. The Morgan fingerprint density at radius 3 is 2.43 bits per heavy atom. The van der Waals surface area contributed by atoms with Crippen LogP contribution in [0.15, 0.2) is 53.4 Å². The summed E-state index contributed by atoms with van der Waals surface area (Å²) in [6.07, 6.45) is 0. The molecule has 0 N–H and O–H groups in total. The minimum absolute atomic E-state index is 0.0766. The summed E-state index contributed by atoms with van der Waals surface area (Å²) in [7, 11) is -3.80. The summed E-state index contributed by atoms with van der Waals surface area (Å²) in [5.41, 5.74) is 3.09. The predicted molar refractivity (Wildman–Crippen MR) is 112 cm³/mol. The number of rotatable bonds is 3. The summed E-state index contributed by atoms with van der Waals surface area (Å²) in [6.45, 7) is 4.63. The Bertz CT molecular complexity index is 1240. The molecule has 1 amide bonds. The highest BCUT2D eigenvalue weighted by Gasteiger charge is 2.31. The van der Waals surface area contributed by atoms with E-state index in [0.29, 0.717) is 11.3 Å². The van der Waals surface area contributed by atoms with Crippen molar-refractivity contribution in [2.45, 2.75) is 18.7 Å². The topological polar surface area (TPSA) is 70.6 Å². The van der Waals surface area contributed by atoms with Crippen LogP contribution in [0.3, 0.4) is 0 Å².